The standard InChI is InChI=1S/C17H18N4O2S/c1-20(8-12-6-7-24-11-12)10-16-19-14-5-3-2-4-13(14)17(23)21(16)9-15(18)22/h2-7,11H,8-10H2,1H3,(H2,18,22). The van der Waals surface area contributed by atoms with Crippen molar-refractivity contribution in [1.29, 1.82) is 0 Å². The van der Waals surface area contributed by atoms with E-state index in [-0.39, 0.29) is 12.1 Å². The second-order valence-electron chi connectivity index (χ2n) is 5.71. The molecule has 6 nitrogen and oxygen atoms in total. The highest BCUT2D eigenvalue weighted by molar-refractivity contribution is 7.07. The van der Waals surface area contributed by atoms with E-state index in [2.05, 4.69) is 21.3 Å². The van der Waals surface area contributed by atoms with E-state index in [4.69, 9.17) is 5.73 Å². The number of benzene rings is 1. The van der Waals surface area contributed by atoms with Crippen molar-refractivity contribution in [2.75, 3.05) is 7.05 Å². The average Bonchev–Trinajstić information content (AvgIpc) is 3.03. The van der Waals surface area contributed by atoms with Gasteiger partial charge in [-0.25, -0.2) is 4.98 Å². The maximum Gasteiger partial charge on any atom is 0.261 e. The predicted octanol–water partition coefficient (Wildman–Crippen LogP) is 1.58. The fraction of sp³-hybridized carbons (Fsp3) is 0.235. The third-order valence-corrected chi connectivity index (χ3v) is 4.43. The Morgan fingerprint density at radius 3 is 2.79 bits per heavy atom. The van der Waals surface area contributed by atoms with Crippen LogP contribution in [0, 0.1) is 0 Å². The van der Waals surface area contributed by atoms with Gasteiger partial charge in [-0.05, 0) is 41.6 Å². The largest absolute Gasteiger partial charge is 0.368 e. The average molecular weight is 342 g/mol. The first-order valence-electron chi connectivity index (χ1n) is 7.51. The van der Waals surface area contributed by atoms with Crippen LogP contribution < -0.4 is 11.3 Å². The number of nitrogens with zero attached hydrogens (tertiary/aromatic N) is 3. The quantitative estimate of drug-likeness (QED) is 0.737. The molecule has 0 atom stereocenters. The lowest BCUT2D eigenvalue weighted by atomic mass is 10.2. The molecule has 0 saturated heterocycles. The molecule has 0 bridgehead atoms. The van der Waals surface area contributed by atoms with Gasteiger partial charge in [0.25, 0.3) is 5.56 Å². The molecule has 0 aliphatic heterocycles. The molecule has 1 amide bonds. The van der Waals surface area contributed by atoms with Crippen molar-refractivity contribution in [1.82, 2.24) is 14.5 Å². The molecule has 0 fully saturated rings. The van der Waals surface area contributed by atoms with Gasteiger partial charge < -0.3 is 5.73 Å². The summed E-state index contributed by atoms with van der Waals surface area (Å²) in [6.07, 6.45) is 0. The fourth-order valence-electron chi connectivity index (χ4n) is 2.65. The number of nitrogens with two attached hydrogens (primary N) is 1. The Morgan fingerprint density at radius 1 is 1.29 bits per heavy atom. The molecule has 0 saturated carbocycles. The van der Waals surface area contributed by atoms with Gasteiger partial charge in [0.1, 0.15) is 12.4 Å². The molecule has 2 N–H and O–H groups in total. The molecule has 1 aromatic carbocycles. The molecule has 124 valence electrons. The van der Waals surface area contributed by atoms with Crippen molar-refractivity contribution in [2.24, 2.45) is 5.73 Å². The Bertz CT molecular complexity index is 918. The first kappa shape index (κ1) is 16.4. The third-order valence-electron chi connectivity index (χ3n) is 3.70. The Labute approximate surface area is 143 Å². The van der Waals surface area contributed by atoms with Crippen LogP contribution >= 0.6 is 11.3 Å². The van der Waals surface area contributed by atoms with Crippen LogP contribution in [0.4, 0.5) is 0 Å². The lowest BCUT2D eigenvalue weighted by molar-refractivity contribution is -0.118. The van der Waals surface area contributed by atoms with Gasteiger partial charge in [-0.15, -0.1) is 0 Å². The number of para-hydroxylation sites is 1. The molecule has 2 heterocycles. The number of primary amides is 1. The van der Waals surface area contributed by atoms with E-state index in [0.717, 1.165) is 6.54 Å². The summed E-state index contributed by atoms with van der Waals surface area (Å²) in [5.41, 5.74) is 6.90. The molecule has 0 aliphatic carbocycles. The van der Waals surface area contributed by atoms with Crippen LogP contribution in [0.15, 0.2) is 45.9 Å². The second kappa shape index (κ2) is 6.94. The van der Waals surface area contributed by atoms with E-state index in [9.17, 15) is 9.59 Å². The number of amides is 1. The number of hydrogen-bond acceptors (Lipinski definition) is 5. The van der Waals surface area contributed by atoms with Gasteiger partial charge in [-0.1, -0.05) is 12.1 Å². The zero-order valence-electron chi connectivity index (χ0n) is 13.3. The fourth-order valence-corrected chi connectivity index (χ4v) is 3.31. The SMILES string of the molecule is CN(Cc1ccsc1)Cc1nc2ccccc2c(=O)n1CC(N)=O. The molecule has 0 spiro atoms. The lowest BCUT2D eigenvalue weighted by Crippen LogP contribution is -2.33. The molecule has 0 aliphatic rings. The van der Waals surface area contributed by atoms with Crippen molar-refractivity contribution >= 4 is 28.1 Å². The third kappa shape index (κ3) is 3.52. The van der Waals surface area contributed by atoms with Crippen molar-refractivity contribution in [3.8, 4) is 0 Å². The van der Waals surface area contributed by atoms with E-state index in [1.54, 1.807) is 29.5 Å². The van der Waals surface area contributed by atoms with Crippen LogP contribution in [-0.2, 0) is 24.4 Å². The zero-order valence-corrected chi connectivity index (χ0v) is 14.1. The number of thiophene rings is 1. The highest BCUT2D eigenvalue weighted by atomic mass is 32.1. The van der Waals surface area contributed by atoms with Gasteiger partial charge in [-0.2, -0.15) is 11.3 Å². The number of carbonyl (C=O) groups is 1. The van der Waals surface area contributed by atoms with Crippen molar-refractivity contribution in [2.45, 2.75) is 19.6 Å². The predicted molar refractivity (Wildman–Crippen MR) is 94.7 cm³/mol. The van der Waals surface area contributed by atoms with Crippen LogP contribution in [0.3, 0.4) is 0 Å². The normalized spacial score (nSPS) is 11.2. The van der Waals surface area contributed by atoms with Crippen LogP contribution in [0.2, 0.25) is 0 Å². The topological polar surface area (TPSA) is 81.2 Å². The minimum Gasteiger partial charge on any atom is -0.368 e. The maximum absolute atomic E-state index is 12.7. The summed E-state index contributed by atoms with van der Waals surface area (Å²) in [4.78, 5) is 30.7. The van der Waals surface area contributed by atoms with Gasteiger partial charge in [0, 0.05) is 6.54 Å². The van der Waals surface area contributed by atoms with Gasteiger partial charge in [0.2, 0.25) is 5.91 Å². The van der Waals surface area contributed by atoms with Crippen LogP contribution in [-0.4, -0.2) is 27.4 Å². The summed E-state index contributed by atoms with van der Waals surface area (Å²) < 4.78 is 1.37. The van der Waals surface area contributed by atoms with E-state index >= 15 is 0 Å². The lowest BCUT2D eigenvalue weighted by Gasteiger charge is -2.19. The van der Waals surface area contributed by atoms with Gasteiger partial charge >= 0.3 is 0 Å². The minimum absolute atomic E-state index is 0.168. The highest BCUT2D eigenvalue weighted by Gasteiger charge is 2.14. The summed E-state index contributed by atoms with van der Waals surface area (Å²) in [6, 6.07) is 9.19. The van der Waals surface area contributed by atoms with Crippen LogP contribution in [0.25, 0.3) is 10.9 Å². The summed E-state index contributed by atoms with van der Waals surface area (Å²) in [5, 5.41) is 4.60. The zero-order chi connectivity index (χ0) is 17.1. The number of aromatic nitrogens is 2. The maximum atomic E-state index is 12.7. The van der Waals surface area contributed by atoms with Gasteiger partial charge in [-0.3, -0.25) is 19.1 Å². The van der Waals surface area contributed by atoms with E-state index in [0.29, 0.717) is 23.3 Å². The smallest absolute Gasteiger partial charge is 0.261 e. The molecule has 0 radical (unpaired) electrons. The molecule has 2 aromatic heterocycles. The molecule has 3 rings (SSSR count). The minimum atomic E-state index is -0.559. The molecule has 7 heteroatoms. The van der Waals surface area contributed by atoms with Gasteiger partial charge in [0.15, 0.2) is 0 Å². The summed E-state index contributed by atoms with van der Waals surface area (Å²) in [7, 11) is 1.95. The van der Waals surface area contributed by atoms with Crippen molar-refractivity contribution in [3.05, 3.63) is 62.8 Å². The molecular weight excluding hydrogens is 324 g/mol. The van der Waals surface area contributed by atoms with Crippen LogP contribution in [0.1, 0.15) is 11.4 Å². The number of fused-ring (bicyclic) bond motifs is 1. The number of rotatable bonds is 6. The Kier molecular flexibility index (Phi) is 4.73. The van der Waals surface area contributed by atoms with Crippen LogP contribution in [0.5, 0.6) is 0 Å². The highest BCUT2D eigenvalue weighted by Crippen LogP contribution is 2.12. The molecule has 24 heavy (non-hydrogen) atoms. The number of carbonyl (C=O) groups excluding carboxylic acids is 1. The molecular formula is C17H18N4O2S. The van der Waals surface area contributed by atoms with E-state index < -0.39 is 5.91 Å². The summed E-state index contributed by atoms with van der Waals surface area (Å²) >= 11 is 1.65. The number of hydrogen-bond donors (Lipinski definition) is 1. The van der Waals surface area contributed by atoms with E-state index in [1.165, 1.54) is 10.1 Å². The first-order chi connectivity index (χ1) is 11.5. The van der Waals surface area contributed by atoms with E-state index in [1.807, 2.05) is 18.5 Å². The molecule has 3 aromatic rings. The second-order valence-corrected chi connectivity index (χ2v) is 6.49. The summed E-state index contributed by atoms with van der Waals surface area (Å²) in [5.74, 6) is -0.0221. The van der Waals surface area contributed by atoms with Crippen molar-refractivity contribution in [3.63, 3.8) is 0 Å². The Morgan fingerprint density at radius 2 is 2.08 bits per heavy atom. The monoisotopic (exact) mass is 342 g/mol. The Balaban J connectivity index is 1.98. The Hall–Kier alpha value is -2.51. The summed E-state index contributed by atoms with van der Waals surface area (Å²) in [6.45, 7) is 1.02. The van der Waals surface area contributed by atoms with Gasteiger partial charge in [0.05, 0.1) is 17.4 Å². The van der Waals surface area contributed by atoms with Crippen molar-refractivity contribution < 1.29 is 4.79 Å². The molecule has 0 unspecified atom stereocenters. The first-order valence-corrected chi connectivity index (χ1v) is 8.45.